The minimum atomic E-state index is -0.562. The van der Waals surface area contributed by atoms with Gasteiger partial charge in [-0.15, -0.1) is 0 Å². The van der Waals surface area contributed by atoms with E-state index in [2.05, 4.69) is 5.32 Å². The van der Waals surface area contributed by atoms with Gasteiger partial charge in [0.2, 0.25) is 5.91 Å². The Balaban J connectivity index is 1.47. The van der Waals surface area contributed by atoms with Gasteiger partial charge in [0.25, 0.3) is 0 Å². The highest BCUT2D eigenvalue weighted by Crippen LogP contribution is 2.28. The van der Waals surface area contributed by atoms with Gasteiger partial charge < -0.3 is 19.5 Å². The molecule has 1 aromatic heterocycles. The molecule has 4 rings (SSSR count). The maximum atomic E-state index is 13.4. The lowest BCUT2D eigenvalue weighted by atomic mass is 10.2. The third kappa shape index (κ3) is 5.68. The van der Waals surface area contributed by atoms with Crippen LogP contribution in [0.2, 0.25) is 5.02 Å². The molecule has 1 heterocycles. The number of hydrogen-bond donors (Lipinski definition) is 1. The van der Waals surface area contributed by atoms with Crippen molar-refractivity contribution in [3.05, 3.63) is 89.1 Å². The number of urea groups is 1. The molecule has 1 N–H and O–H groups in total. The molecule has 1 saturated carbocycles. The number of nitrogens with one attached hydrogen (secondary N) is 1. The molecular formula is C24H23ClFN3O3. The monoisotopic (exact) mass is 455 g/mol. The van der Waals surface area contributed by atoms with Crippen LogP contribution < -0.4 is 5.32 Å². The van der Waals surface area contributed by atoms with Crippen molar-refractivity contribution >= 4 is 29.2 Å². The molecule has 0 unspecified atom stereocenters. The van der Waals surface area contributed by atoms with Crippen molar-refractivity contribution in [2.75, 3.05) is 11.9 Å². The molecule has 0 aliphatic heterocycles. The summed E-state index contributed by atoms with van der Waals surface area (Å²) in [6.07, 6.45) is 3.24. The van der Waals surface area contributed by atoms with Gasteiger partial charge >= 0.3 is 6.03 Å². The maximum Gasteiger partial charge on any atom is 0.322 e. The van der Waals surface area contributed by atoms with Gasteiger partial charge in [-0.05, 0) is 48.7 Å². The molecule has 1 aliphatic rings. The van der Waals surface area contributed by atoms with Crippen molar-refractivity contribution in [2.24, 2.45) is 0 Å². The Kier molecular flexibility index (Phi) is 6.75. The van der Waals surface area contributed by atoms with Crippen molar-refractivity contribution < 1.29 is 18.4 Å². The van der Waals surface area contributed by atoms with Crippen molar-refractivity contribution in [1.29, 1.82) is 0 Å². The van der Waals surface area contributed by atoms with Crippen LogP contribution >= 0.6 is 11.6 Å². The average molecular weight is 456 g/mol. The lowest BCUT2D eigenvalue weighted by molar-refractivity contribution is -0.133. The molecule has 3 amide bonds. The Morgan fingerprint density at radius 2 is 1.84 bits per heavy atom. The van der Waals surface area contributed by atoms with Crippen LogP contribution in [0.5, 0.6) is 0 Å². The first kappa shape index (κ1) is 21.9. The Morgan fingerprint density at radius 1 is 1.06 bits per heavy atom. The summed E-state index contributed by atoms with van der Waals surface area (Å²) in [5, 5.41) is 2.64. The zero-order valence-electron chi connectivity index (χ0n) is 17.3. The normalized spacial score (nSPS) is 12.9. The molecule has 0 saturated heterocycles. The fraction of sp³-hybridized carbons (Fsp3) is 0.250. The lowest BCUT2D eigenvalue weighted by Crippen LogP contribution is -2.45. The van der Waals surface area contributed by atoms with Crippen LogP contribution in [0, 0.1) is 5.82 Å². The Morgan fingerprint density at radius 3 is 2.50 bits per heavy atom. The van der Waals surface area contributed by atoms with E-state index in [1.165, 1.54) is 23.1 Å². The van der Waals surface area contributed by atoms with Crippen LogP contribution in [0.4, 0.5) is 14.9 Å². The first-order chi connectivity index (χ1) is 15.5. The molecule has 3 aromatic rings. The highest BCUT2D eigenvalue weighted by Gasteiger charge is 2.35. The van der Waals surface area contributed by atoms with E-state index in [1.54, 1.807) is 17.2 Å². The number of rotatable bonds is 8. The molecule has 32 heavy (non-hydrogen) atoms. The van der Waals surface area contributed by atoms with Crippen LogP contribution in [0.3, 0.4) is 0 Å². The molecule has 166 valence electrons. The van der Waals surface area contributed by atoms with Crippen molar-refractivity contribution in [3.63, 3.8) is 0 Å². The van der Waals surface area contributed by atoms with Crippen molar-refractivity contribution in [3.8, 4) is 0 Å². The summed E-state index contributed by atoms with van der Waals surface area (Å²) in [4.78, 5) is 29.4. The van der Waals surface area contributed by atoms with E-state index in [0.717, 1.165) is 18.4 Å². The van der Waals surface area contributed by atoms with E-state index in [0.29, 0.717) is 24.5 Å². The minimum absolute atomic E-state index is 0.00272. The third-order valence-electron chi connectivity index (χ3n) is 5.22. The molecule has 1 aliphatic carbocycles. The number of furan rings is 1. The minimum Gasteiger partial charge on any atom is -0.467 e. The van der Waals surface area contributed by atoms with Gasteiger partial charge in [-0.25, -0.2) is 9.18 Å². The second-order valence-electron chi connectivity index (χ2n) is 7.73. The lowest BCUT2D eigenvalue weighted by Gasteiger charge is -2.27. The summed E-state index contributed by atoms with van der Waals surface area (Å²) in [6, 6.07) is 16.8. The van der Waals surface area contributed by atoms with E-state index in [9.17, 15) is 14.0 Å². The predicted octanol–water partition coefficient (Wildman–Crippen LogP) is 5.30. The molecule has 0 atom stereocenters. The van der Waals surface area contributed by atoms with E-state index >= 15 is 0 Å². The fourth-order valence-electron chi connectivity index (χ4n) is 3.39. The van der Waals surface area contributed by atoms with E-state index in [-0.39, 0.29) is 23.5 Å². The molecule has 0 bridgehead atoms. The second kappa shape index (κ2) is 9.87. The Labute approximate surface area is 190 Å². The highest BCUT2D eigenvalue weighted by molar-refractivity contribution is 6.31. The summed E-state index contributed by atoms with van der Waals surface area (Å²) >= 11 is 5.81. The third-order valence-corrected chi connectivity index (χ3v) is 5.51. The average Bonchev–Trinajstić information content (AvgIpc) is 3.50. The fourth-order valence-corrected chi connectivity index (χ4v) is 3.58. The topological polar surface area (TPSA) is 65.8 Å². The van der Waals surface area contributed by atoms with Crippen LogP contribution in [-0.4, -0.2) is 34.3 Å². The van der Waals surface area contributed by atoms with Crippen LogP contribution in [0.15, 0.2) is 71.3 Å². The summed E-state index contributed by atoms with van der Waals surface area (Å²) in [5.41, 5.74) is 1.35. The predicted molar refractivity (Wildman–Crippen MR) is 120 cm³/mol. The molecule has 6 nitrogen and oxygen atoms in total. The first-order valence-electron chi connectivity index (χ1n) is 10.4. The number of nitrogens with zero attached hydrogens (tertiary/aromatic N) is 2. The molecule has 2 aromatic carbocycles. The number of halogens is 2. The van der Waals surface area contributed by atoms with Crippen LogP contribution in [0.25, 0.3) is 0 Å². The first-order valence-corrected chi connectivity index (χ1v) is 10.7. The van der Waals surface area contributed by atoms with Gasteiger partial charge in [-0.2, -0.15) is 0 Å². The molecule has 0 spiro atoms. The van der Waals surface area contributed by atoms with Crippen molar-refractivity contribution in [2.45, 2.75) is 32.0 Å². The zero-order valence-corrected chi connectivity index (χ0v) is 18.1. The van der Waals surface area contributed by atoms with Crippen LogP contribution in [-0.2, 0) is 17.9 Å². The summed E-state index contributed by atoms with van der Waals surface area (Å²) in [5.74, 6) is -0.0875. The molecule has 8 heteroatoms. The number of amides is 3. The largest absolute Gasteiger partial charge is 0.467 e. The summed E-state index contributed by atoms with van der Waals surface area (Å²) < 4.78 is 18.8. The number of benzene rings is 2. The van der Waals surface area contributed by atoms with Gasteiger partial charge in [0.05, 0.1) is 17.8 Å². The number of anilines is 1. The second-order valence-corrected chi connectivity index (χ2v) is 8.14. The standard InChI is InChI=1S/C24H23ClFN3O3/c25-21-13-18(8-11-22(21)26)27-24(31)29(19-9-10-19)16-23(30)28(15-20-7-4-12-32-20)14-17-5-2-1-3-6-17/h1-8,11-13,19H,9-10,14-16H2,(H,27,31). The van der Waals surface area contributed by atoms with Crippen LogP contribution in [0.1, 0.15) is 24.2 Å². The van der Waals surface area contributed by atoms with Gasteiger partial charge in [0, 0.05) is 18.3 Å². The molecule has 0 radical (unpaired) electrons. The van der Waals surface area contributed by atoms with Gasteiger partial charge in [0.1, 0.15) is 18.1 Å². The summed E-state index contributed by atoms with van der Waals surface area (Å²) in [6.45, 7) is 0.626. The Bertz CT molecular complexity index is 1070. The summed E-state index contributed by atoms with van der Waals surface area (Å²) in [7, 11) is 0. The SMILES string of the molecule is O=C(CN(C(=O)Nc1ccc(F)c(Cl)c1)C1CC1)N(Cc1ccccc1)Cc1ccco1. The zero-order chi connectivity index (χ0) is 22.5. The smallest absolute Gasteiger partial charge is 0.322 e. The van der Waals surface area contributed by atoms with Gasteiger partial charge in [0.15, 0.2) is 0 Å². The van der Waals surface area contributed by atoms with Crippen molar-refractivity contribution in [1.82, 2.24) is 9.80 Å². The van der Waals surface area contributed by atoms with E-state index < -0.39 is 11.8 Å². The van der Waals surface area contributed by atoms with E-state index in [1.807, 2.05) is 36.4 Å². The highest BCUT2D eigenvalue weighted by atomic mass is 35.5. The maximum absolute atomic E-state index is 13.4. The molecule has 1 fully saturated rings. The van der Waals surface area contributed by atoms with Gasteiger partial charge in [-0.3, -0.25) is 4.79 Å². The van der Waals surface area contributed by atoms with E-state index in [4.69, 9.17) is 16.0 Å². The quantitative estimate of drug-likeness (QED) is 0.501. The number of hydrogen-bond acceptors (Lipinski definition) is 3. The number of carbonyl (C=O) groups is 2. The van der Waals surface area contributed by atoms with Gasteiger partial charge in [-0.1, -0.05) is 41.9 Å². The number of carbonyl (C=O) groups excluding carboxylic acids is 2. The molecular weight excluding hydrogens is 433 g/mol. The Hall–Kier alpha value is -3.32.